The summed E-state index contributed by atoms with van der Waals surface area (Å²) >= 11 is 0. The van der Waals surface area contributed by atoms with Crippen LogP contribution < -0.4 is 5.56 Å². The summed E-state index contributed by atoms with van der Waals surface area (Å²) in [4.78, 5) is 24.2. The largest absolute Gasteiger partial charge is 0.477 e. The number of nitrogens with zero attached hydrogens (tertiary/aromatic N) is 2. The van der Waals surface area contributed by atoms with E-state index in [1.54, 1.807) is 19.2 Å². The lowest BCUT2D eigenvalue weighted by Gasteiger charge is -2.15. The van der Waals surface area contributed by atoms with Crippen molar-refractivity contribution in [2.75, 3.05) is 0 Å². The van der Waals surface area contributed by atoms with Crippen LogP contribution in [0.25, 0.3) is 16.6 Å². The lowest BCUT2D eigenvalue weighted by molar-refractivity contribution is 0.0694. The summed E-state index contributed by atoms with van der Waals surface area (Å²) in [5.41, 5.74) is 5.29. The molecular weight excluding hydrogens is 356 g/mol. The molecule has 142 valence electrons. The quantitative estimate of drug-likeness (QED) is 0.408. The molecule has 0 radical (unpaired) electrons. The molecule has 0 amide bonds. The van der Waals surface area contributed by atoms with Crippen LogP contribution in [0.5, 0.6) is 0 Å². The van der Waals surface area contributed by atoms with E-state index in [4.69, 9.17) is 5.21 Å². The molecule has 2 aromatic heterocycles. The van der Waals surface area contributed by atoms with Gasteiger partial charge in [0.05, 0.1) is 11.2 Å². The molecule has 0 atom stereocenters. The highest BCUT2D eigenvalue weighted by molar-refractivity contribution is 5.98. The summed E-state index contributed by atoms with van der Waals surface area (Å²) in [5, 5.41) is 21.6. The molecule has 0 aliphatic heterocycles. The number of aromatic nitrogens is 1. The number of benzene rings is 1. The van der Waals surface area contributed by atoms with Crippen LogP contribution in [0.4, 0.5) is 0 Å². The molecule has 4 rings (SSSR count). The molecule has 6 nitrogen and oxygen atoms in total. The Labute approximate surface area is 161 Å². The van der Waals surface area contributed by atoms with Crippen molar-refractivity contribution in [3.63, 3.8) is 0 Å². The van der Waals surface area contributed by atoms with Gasteiger partial charge >= 0.3 is 5.97 Å². The van der Waals surface area contributed by atoms with Crippen molar-refractivity contribution in [1.29, 1.82) is 0 Å². The van der Waals surface area contributed by atoms with E-state index in [2.05, 4.69) is 5.16 Å². The molecule has 0 spiro atoms. The Bertz CT molecular complexity index is 1190. The monoisotopic (exact) mass is 376 g/mol. The van der Waals surface area contributed by atoms with Gasteiger partial charge in [-0.15, -0.1) is 0 Å². The molecule has 28 heavy (non-hydrogen) atoms. The van der Waals surface area contributed by atoms with Crippen LogP contribution in [-0.2, 0) is 0 Å². The summed E-state index contributed by atoms with van der Waals surface area (Å²) in [6.45, 7) is 3.69. The zero-order valence-corrected chi connectivity index (χ0v) is 15.6. The molecule has 1 fully saturated rings. The molecule has 0 bridgehead atoms. The van der Waals surface area contributed by atoms with E-state index in [0.717, 1.165) is 46.2 Å². The molecule has 0 saturated heterocycles. The number of pyridine rings is 2. The van der Waals surface area contributed by atoms with Gasteiger partial charge in [0.15, 0.2) is 0 Å². The summed E-state index contributed by atoms with van der Waals surface area (Å²) in [5.74, 6) is -0.895. The van der Waals surface area contributed by atoms with Crippen molar-refractivity contribution in [1.82, 2.24) is 4.40 Å². The maximum atomic E-state index is 12.7. The van der Waals surface area contributed by atoms with Gasteiger partial charge in [-0.2, -0.15) is 0 Å². The minimum Gasteiger partial charge on any atom is -0.477 e. The first-order valence-corrected chi connectivity index (χ1v) is 9.14. The number of rotatable bonds is 4. The first kappa shape index (κ1) is 18.0. The van der Waals surface area contributed by atoms with Gasteiger partial charge < -0.3 is 10.3 Å². The van der Waals surface area contributed by atoms with Crippen LogP contribution in [0.15, 0.2) is 52.5 Å². The smallest absolute Gasteiger partial charge is 0.341 e. The third-order valence-electron chi connectivity index (χ3n) is 5.42. The van der Waals surface area contributed by atoms with E-state index in [1.807, 2.05) is 37.3 Å². The van der Waals surface area contributed by atoms with Gasteiger partial charge in [0.2, 0.25) is 0 Å². The van der Waals surface area contributed by atoms with Crippen molar-refractivity contribution >= 4 is 17.2 Å². The minimum atomic E-state index is -1.19. The number of oxime groups is 1. The highest BCUT2D eigenvalue weighted by Gasteiger charge is 2.29. The summed E-state index contributed by atoms with van der Waals surface area (Å²) in [6, 6.07) is 11.1. The second-order valence-corrected chi connectivity index (χ2v) is 7.23. The molecule has 0 unspecified atom stereocenters. The van der Waals surface area contributed by atoms with Crippen molar-refractivity contribution < 1.29 is 15.1 Å². The second-order valence-electron chi connectivity index (χ2n) is 7.23. The van der Waals surface area contributed by atoms with Crippen molar-refractivity contribution in [3.8, 4) is 11.1 Å². The minimum absolute atomic E-state index is 0.185. The Kier molecular flexibility index (Phi) is 4.26. The highest BCUT2D eigenvalue weighted by atomic mass is 16.4. The summed E-state index contributed by atoms with van der Waals surface area (Å²) in [6.07, 6.45) is 3.67. The predicted molar refractivity (Wildman–Crippen MR) is 107 cm³/mol. The van der Waals surface area contributed by atoms with Crippen LogP contribution in [0.1, 0.15) is 52.7 Å². The number of carboxylic acid groups (broad SMARTS) is 1. The third kappa shape index (κ3) is 2.87. The Morgan fingerprint density at radius 3 is 2.43 bits per heavy atom. The molecule has 6 heteroatoms. The van der Waals surface area contributed by atoms with Gasteiger partial charge in [-0.1, -0.05) is 29.4 Å². The van der Waals surface area contributed by atoms with Gasteiger partial charge in [-0.25, -0.2) is 4.79 Å². The normalized spacial score (nSPS) is 14.4. The van der Waals surface area contributed by atoms with Crippen LogP contribution in [-0.4, -0.2) is 26.4 Å². The van der Waals surface area contributed by atoms with Crippen molar-refractivity contribution in [3.05, 3.63) is 75.2 Å². The number of hydrogen-bond donors (Lipinski definition) is 2. The van der Waals surface area contributed by atoms with Gasteiger partial charge in [0.1, 0.15) is 5.56 Å². The maximum Gasteiger partial charge on any atom is 0.341 e. The standard InChI is InChI=1S/C22H20N2O4/c1-12-17(15-5-3-14(4-6-15)13(2)23-28)9-10-24-20(12)18(16-7-8-16)11-19(21(24)25)22(26)27/h3-6,9-11,16,28H,7-8H2,1-2H3,(H,26,27)/b23-13+. The number of carbonyl (C=O) groups is 1. The van der Waals surface area contributed by atoms with Crippen LogP contribution in [0.2, 0.25) is 0 Å². The van der Waals surface area contributed by atoms with Gasteiger partial charge in [0.25, 0.3) is 5.56 Å². The molecule has 1 aliphatic carbocycles. The highest BCUT2D eigenvalue weighted by Crippen LogP contribution is 2.43. The van der Waals surface area contributed by atoms with Crippen molar-refractivity contribution in [2.24, 2.45) is 5.16 Å². The molecule has 2 N–H and O–H groups in total. The van der Waals surface area contributed by atoms with E-state index in [9.17, 15) is 14.7 Å². The Morgan fingerprint density at radius 1 is 1.18 bits per heavy atom. The zero-order chi connectivity index (χ0) is 20.0. The van der Waals surface area contributed by atoms with Crippen molar-refractivity contribution in [2.45, 2.75) is 32.6 Å². The topological polar surface area (TPSA) is 91.4 Å². The van der Waals surface area contributed by atoms with E-state index in [-0.39, 0.29) is 5.56 Å². The lowest BCUT2D eigenvalue weighted by atomic mass is 9.95. The van der Waals surface area contributed by atoms with E-state index in [1.165, 1.54) is 4.40 Å². The van der Waals surface area contributed by atoms with E-state index < -0.39 is 11.5 Å². The maximum absolute atomic E-state index is 12.7. The SMILES string of the molecule is C/C(=N\O)c1ccc(-c2ccn3c(=O)c(C(=O)O)cc(C4CC4)c3c2C)cc1. The third-order valence-corrected chi connectivity index (χ3v) is 5.42. The molecule has 1 saturated carbocycles. The van der Waals surface area contributed by atoms with E-state index in [0.29, 0.717) is 11.6 Å². The van der Waals surface area contributed by atoms with Crippen LogP contribution >= 0.6 is 0 Å². The second kappa shape index (κ2) is 6.64. The molecule has 2 heterocycles. The lowest BCUT2D eigenvalue weighted by Crippen LogP contribution is -2.23. The number of aryl methyl sites for hydroxylation is 1. The fourth-order valence-corrected chi connectivity index (χ4v) is 3.72. The average Bonchev–Trinajstić information content (AvgIpc) is 3.53. The number of aromatic carboxylic acids is 1. The van der Waals surface area contributed by atoms with E-state index >= 15 is 0 Å². The van der Waals surface area contributed by atoms with Gasteiger partial charge in [-0.05, 0) is 72.6 Å². The molecule has 1 aliphatic rings. The molecule has 1 aromatic carbocycles. The predicted octanol–water partition coefficient (Wildman–Crippen LogP) is 4.05. The Morgan fingerprint density at radius 2 is 1.86 bits per heavy atom. The van der Waals surface area contributed by atoms with Crippen LogP contribution in [0.3, 0.4) is 0 Å². The number of carboxylic acids is 1. The fourth-order valence-electron chi connectivity index (χ4n) is 3.72. The fraction of sp³-hybridized carbons (Fsp3) is 0.227. The summed E-state index contributed by atoms with van der Waals surface area (Å²) < 4.78 is 1.47. The Hall–Kier alpha value is -3.41. The number of hydrogen-bond acceptors (Lipinski definition) is 4. The van der Waals surface area contributed by atoms with Gasteiger partial charge in [-0.3, -0.25) is 9.20 Å². The average molecular weight is 376 g/mol. The first-order valence-electron chi connectivity index (χ1n) is 9.14. The molecule has 3 aromatic rings. The molecular formula is C22H20N2O4. The zero-order valence-electron chi connectivity index (χ0n) is 15.6. The first-order chi connectivity index (χ1) is 13.4. The van der Waals surface area contributed by atoms with Crippen LogP contribution in [0, 0.1) is 6.92 Å². The number of fused-ring (bicyclic) bond motifs is 1. The van der Waals surface area contributed by atoms with Gasteiger partial charge in [0, 0.05) is 6.20 Å². The summed E-state index contributed by atoms with van der Waals surface area (Å²) in [7, 11) is 0. The Balaban J connectivity index is 1.94.